The van der Waals surface area contributed by atoms with Crippen molar-refractivity contribution in [2.45, 2.75) is 27.2 Å². The smallest absolute Gasteiger partial charge is 0.216 e. The minimum atomic E-state index is 0. The molecule has 0 atom stereocenters. The summed E-state index contributed by atoms with van der Waals surface area (Å²) < 4.78 is 11.2. The number of H-pyrrole nitrogens is 1. The van der Waals surface area contributed by atoms with Gasteiger partial charge in [0.05, 0.1) is 12.8 Å². The van der Waals surface area contributed by atoms with Crippen LogP contribution in [-0.4, -0.2) is 59.3 Å². The van der Waals surface area contributed by atoms with Gasteiger partial charge in [0, 0.05) is 26.6 Å². The molecule has 2 aromatic heterocycles. The van der Waals surface area contributed by atoms with E-state index >= 15 is 0 Å². The van der Waals surface area contributed by atoms with Crippen LogP contribution in [0.1, 0.15) is 23.9 Å². The van der Waals surface area contributed by atoms with E-state index in [2.05, 4.69) is 64.4 Å². The Kier molecular flexibility index (Phi) is 9.83. The maximum atomic E-state index is 5.92. The number of halogens is 1. The Morgan fingerprint density at radius 1 is 1.26 bits per heavy atom. The van der Waals surface area contributed by atoms with Crippen molar-refractivity contribution in [2.24, 2.45) is 4.99 Å². The monoisotopic (exact) mass is 538 g/mol. The van der Waals surface area contributed by atoms with Crippen molar-refractivity contribution in [3.63, 3.8) is 0 Å². The lowest BCUT2D eigenvalue weighted by molar-refractivity contribution is 0.281. The lowest BCUT2D eigenvalue weighted by atomic mass is 10.1. The summed E-state index contributed by atoms with van der Waals surface area (Å²) in [6, 6.07) is 9.91. The summed E-state index contributed by atoms with van der Waals surface area (Å²) in [7, 11) is 2.01. The van der Waals surface area contributed by atoms with Gasteiger partial charge in [-0.25, -0.2) is 4.98 Å². The van der Waals surface area contributed by atoms with E-state index in [1.807, 2.05) is 19.2 Å². The van der Waals surface area contributed by atoms with Gasteiger partial charge in [-0.1, -0.05) is 6.07 Å². The molecule has 2 N–H and O–H groups in total. The Bertz CT molecular complexity index is 935. The molecule has 168 valence electrons. The number of benzene rings is 1. The summed E-state index contributed by atoms with van der Waals surface area (Å²) in [6.45, 7) is 8.91. The number of likely N-dealkylation sites (N-methyl/N-ethyl adjacent to an activating group) is 1. The van der Waals surface area contributed by atoms with Crippen molar-refractivity contribution in [1.29, 1.82) is 0 Å². The number of nitrogens with one attached hydrogen (secondary N) is 2. The first-order valence-corrected chi connectivity index (χ1v) is 10.2. The first-order chi connectivity index (χ1) is 14.5. The Morgan fingerprint density at radius 2 is 2.03 bits per heavy atom. The normalized spacial score (nSPS) is 11.2. The van der Waals surface area contributed by atoms with Gasteiger partial charge >= 0.3 is 0 Å². The van der Waals surface area contributed by atoms with Gasteiger partial charge in [-0.2, -0.15) is 5.10 Å². The minimum Gasteiger partial charge on any atom is -0.492 e. The molecule has 0 unspecified atom stereocenters. The highest BCUT2D eigenvalue weighted by molar-refractivity contribution is 14.0. The van der Waals surface area contributed by atoms with E-state index < -0.39 is 0 Å². The molecule has 2 heterocycles. The third-order valence-electron chi connectivity index (χ3n) is 4.47. The summed E-state index contributed by atoms with van der Waals surface area (Å²) in [5.74, 6) is 3.74. The number of ether oxygens (including phenoxy) is 1. The zero-order chi connectivity index (χ0) is 21.3. The molecule has 0 radical (unpaired) electrons. The largest absolute Gasteiger partial charge is 0.492 e. The van der Waals surface area contributed by atoms with Gasteiger partial charge in [-0.05, 0) is 56.2 Å². The van der Waals surface area contributed by atoms with Crippen LogP contribution >= 0.6 is 24.0 Å². The van der Waals surface area contributed by atoms with Crippen LogP contribution in [0.15, 0.2) is 46.0 Å². The Labute approximate surface area is 200 Å². The number of hydrogen-bond acceptors (Lipinski definition) is 5. The van der Waals surface area contributed by atoms with Crippen molar-refractivity contribution in [3.8, 4) is 17.3 Å². The maximum Gasteiger partial charge on any atom is 0.216 e. The Hall–Kier alpha value is -2.56. The first-order valence-electron chi connectivity index (χ1n) is 10.2. The van der Waals surface area contributed by atoms with Crippen molar-refractivity contribution >= 4 is 29.9 Å². The summed E-state index contributed by atoms with van der Waals surface area (Å²) in [5, 5.41) is 10.5. The van der Waals surface area contributed by atoms with Crippen LogP contribution in [0, 0.1) is 13.8 Å². The average molecular weight is 538 g/mol. The summed E-state index contributed by atoms with van der Waals surface area (Å²) in [6.07, 6.45) is 2.27. The number of aromatic amines is 1. The molecular weight excluding hydrogens is 507 g/mol. The van der Waals surface area contributed by atoms with Gasteiger partial charge in [0.2, 0.25) is 5.82 Å². The summed E-state index contributed by atoms with van der Waals surface area (Å²) in [5.41, 5.74) is 2.41. The van der Waals surface area contributed by atoms with Crippen molar-refractivity contribution in [1.82, 2.24) is 25.4 Å². The van der Waals surface area contributed by atoms with Crippen LogP contribution in [-0.2, 0) is 6.42 Å². The van der Waals surface area contributed by atoms with E-state index in [0.717, 1.165) is 30.6 Å². The number of aliphatic imine (C=N–C) groups is 1. The summed E-state index contributed by atoms with van der Waals surface area (Å²) >= 11 is 0. The number of aromatic nitrogens is 3. The second kappa shape index (κ2) is 12.3. The van der Waals surface area contributed by atoms with Crippen LogP contribution in [0.5, 0.6) is 5.75 Å². The second-order valence-electron chi connectivity index (χ2n) is 7.16. The zero-order valence-corrected chi connectivity index (χ0v) is 20.8. The van der Waals surface area contributed by atoms with E-state index in [0.29, 0.717) is 31.2 Å². The van der Waals surface area contributed by atoms with Gasteiger partial charge in [0.15, 0.2) is 11.7 Å². The third-order valence-corrected chi connectivity index (χ3v) is 4.47. The number of hydrogen-bond donors (Lipinski definition) is 2. The van der Waals surface area contributed by atoms with Gasteiger partial charge in [-0.3, -0.25) is 10.1 Å². The van der Waals surface area contributed by atoms with Crippen LogP contribution in [0.2, 0.25) is 0 Å². The Balaban J connectivity index is 0.00000341. The second-order valence-corrected chi connectivity index (χ2v) is 7.16. The molecule has 8 nitrogen and oxygen atoms in total. The highest BCUT2D eigenvalue weighted by atomic mass is 127. The molecule has 31 heavy (non-hydrogen) atoms. The molecular formula is C22H31IN6O2. The quantitative estimate of drug-likeness (QED) is 0.245. The van der Waals surface area contributed by atoms with Gasteiger partial charge in [-0.15, -0.1) is 24.0 Å². The van der Waals surface area contributed by atoms with Crippen molar-refractivity contribution in [2.75, 3.05) is 33.3 Å². The fourth-order valence-electron chi connectivity index (χ4n) is 3.08. The molecule has 0 aliphatic rings. The van der Waals surface area contributed by atoms with E-state index in [9.17, 15) is 0 Å². The first kappa shape index (κ1) is 24.7. The average Bonchev–Trinajstić information content (AvgIpc) is 3.38. The molecule has 3 aromatic rings. The lowest BCUT2D eigenvalue weighted by Crippen LogP contribution is -2.41. The molecule has 1 aromatic carbocycles. The number of aryl methyl sites for hydroxylation is 2. The maximum absolute atomic E-state index is 5.92. The number of rotatable bonds is 9. The number of guanidine groups is 1. The van der Waals surface area contributed by atoms with Crippen molar-refractivity contribution < 1.29 is 9.15 Å². The third kappa shape index (κ3) is 7.57. The molecule has 9 heteroatoms. The van der Waals surface area contributed by atoms with Crippen LogP contribution in [0.3, 0.4) is 0 Å². The fraction of sp³-hybridized carbons (Fsp3) is 0.409. The van der Waals surface area contributed by atoms with E-state index in [4.69, 9.17) is 14.1 Å². The van der Waals surface area contributed by atoms with Crippen molar-refractivity contribution in [3.05, 3.63) is 53.5 Å². The number of nitrogens with zero attached hydrogens (tertiary/aromatic N) is 4. The molecule has 0 saturated heterocycles. The predicted molar refractivity (Wildman–Crippen MR) is 133 cm³/mol. The molecule has 0 bridgehead atoms. The topological polar surface area (TPSA) is 91.6 Å². The van der Waals surface area contributed by atoms with Crippen LogP contribution in [0.4, 0.5) is 0 Å². The predicted octanol–water partition coefficient (Wildman–Crippen LogP) is 3.82. The highest BCUT2D eigenvalue weighted by Crippen LogP contribution is 2.16. The molecule has 0 aliphatic carbocycles. The SMILES string of the molecule is CCNC(=NCCc1nc(-c2ccco2)n[nH]1)N(C)CCOc1cc(C)cc(C)c1.I. The van der Waals surface area contributed by atoms with Gasteiger partial charge in [0.1, 0.15) is 18.2 Å². The molecule has 0 saturated carbocycles. The fourth-order valence-corrected chi connectivity index (χ4v) is 3.08. The molecule has 0 amide bonds. The lowest BCUT2D eigenvalue weighted by Gasteiger charge is -2.22. The molecule has 0 fully saturated rings. The Morgan fingerprint density at radius 3 is 2.71 bits per heavy atom. The standard InChI is InChI=1S/C22H30N6O2.HI/c1-5-23-22(28(4)10-12-29-18-14-16(2)13-17(3)15-18)24-9-8-20-25-21(27-26-20)19-7-6-11-30-19;/h6-7,11,13-15H,5,8-10,12H2,1-4H3,(H,23,24)(H,25,26,27);1H. The highest BCUT2D eigenvalue weighted by Gasteiger charge is 2.09. The van der Waals surface area contributed by atoms with E-state index in [1.165, 1.54) is 11.1 Å². The van der Waals surface area contributed by atoms with Crippen LogP contribution < -0.4 is 10.1 Å². The van der Waals surface area contributed by atoms with E-state index in [-0.39, 0.29) is 24.0 Å². The zero-order valence-electron chi connectivity index (χ0n) is 18.5. The van der Waals surface area contributed by atoms with E-state index in [1.54, 1.807) is 6.26 Å². The number of furan rings is 1. The molecule has 0 aliphatic heterocycles. The van der Waals surface area contributed by atoms with Gasteiger partial charge < -0.3 is 19.4 Å². The van der Waals surface area contributed by atoms with Gasteiger partial charge in [0.25, 0.3) is 0 Å². The minimum absolute atomic E-state index is 0. The summed E-state index contributed by atoms with van der Waals surface area (Å²) in [4.78, 5) is 11.2. The molecule has 3 rings (SSSR count). The molecule has 0 spiro atoms. The van der Waals surface area contributed by atoms with Crippen LogP contribution in [0.25, 0.3) is 11.6 Å².